The molecule has 22 heavy (non-hydrogen) atoms. The summed E-state index contributed by atoms with van der Waals surface area (Å²) in [5.41, 5.74) is 0.257. The first-order chi connectivity index (χ1) is 10.3. The van der Waals surface area contributed by atoms with E-state index in [1.807, 2.05) is 31.2 Å². The number of ether oxygens (including phenoxy) is 1. The number of aliphatic carboxylic acids is 1. The summed E-state index contributed by atoms with van der Waals surface area (Å²) in [5.74, 6) is -0.0854. The van der Waals surface area contributed by atoms with E-state index in [1.165, 1.54) is 0 Å². The first-order valence-electron chi connectivity index (χ1n) is 7.57. The smallest absolute Gasteiger partial charge is 0.309 e. The van der Waals surface area contributed by atoms with Crippen LogP contribution in [0.2, 0.25) is 0 Å². The maximum absolute atomic E-state index is 11.8. The molecule has 0 aliphatic rings. The van der Waals surface area contributed by atoms with E-state index in [0.29, 0.717) is 32.4 Å². The molecule has 5 heteroatoms. The third kappa shape index (κ3) is 6.16. The molecule has 0 heterocycles. The highest BCUT2D eigenvalue weighted by Crippen LogP contribution is 2.19. The quantitative estimate of drug-likeness (QED) is 0.735. The molecule has 0 fully saturated rings. The predicted octanol–water partition coefficient (Wildman–Crippen LogP) is 2.63. The summed E-state index contributed by atoms with van der Waals surface area (Å²) < 4.78 is 5.36. The summed E-state index contributed by atoms with van der Waals surface area (Å²) in [6.45, 7) is 6.25. The summed E-state index contributed by atoms with van der Waals surface area (Å²) in [6.07, 6.45) is 1.46. The average molecular weight is 307 g/mol. The fourth-order valence-electron chi connectivity index (χ4n) is 1.89. The predicted molar refractivity (Wildman–Crippen MR) is 85.0 cm³/mol. The van der Waals surface area contributed by atoms with E-state index in [1.54, 1.807) is 13.8 Å². The molecule has 0 bridgehead atoms. The minimum atomic E-state index is -0.851. The van der Waals surface area contributed by atoms with E-state index in [4.69, 9.17) is 9.84 Å². The number of carbonyl (C=O) groups excluding carboxylic acids is 1. The van der Waals surface area contributed by atoms with Crippen LogP contribution in [-0.2, 0) is 16.0 Å². The van der Waals surface area contributed by atoms with Gasteiger partial charge in [-0.2, -0.15) is 0 Å². The highest BCUT2D eigenvalue weighted by atomic mass is 16.5. The molecule has 1 aromatic rings. The van der Waals surface area contributed by atoms with Crippen LogP contribution in [0.4, 0.5) is 0 Å². The normalized spacial score (nSPS) is 11.0. The van der Waals surface area contributed by atoms with E-state index >= 15 is 0 Å². The molecule has 0 saturated carbocycles. The van der Waals surface area contributed by atoms with E-state index in [-0.39, 0.29) is 5.91 Å². The van der Waals surface area contributed by atoms with Crippen molar-refractivity contribution in [3.63, 3.8) is 0 Å². The molecule has 0 aliphatic heterocycles. The SMILES string of the molecule is CCOc1ccc(CCC(=O)NCCC(C)(C)C(=O)O)cc1. The highest BCUT2D eigenvalue weighted by Gasteiger charge is 2.26. The maximum atomic E-state index is 11.8. The minimum absolute atomic E-state index is 0.0601. The van der Waals surface area contributed by atoms with Gasteiger partial charge in [-0.05, 0) is 51.3 Å². The zero-order valence-corrected chi connectivity index (χ0v) is 13.5. The molecule has 1 amide bonds. The minimum Gasteiger partial charge on any atom is -0.494 e. The number of nitrogens with one attached hydrogen (secondary N) is 1. The van der Waals surface area contributed by atoms with Crippen LogP contribution in [0.1, 0.15) is 39.2 Å². The second-order valence-corrected chi connectivity index (χ2v) is 5.87. The number of hydrogen-bond donors (Lipinski definition) is 2. The summed E-state index contributed by atoms with van der Waals surface area (Å²) in [6, 6.07) is 7.69. The Balaban J connectivity index is 2.30. The van der Waals surface area contributed by atoms with Gasteiger partial charge in [0.05, 0.1) is 12.0 Å². The molecular formula is C17H25NO4. The van der Waals surface area contributed by atoms with E-state index in [0.717, 1.165) is 11.3 Å². The molecule has 2 N–H and O–H groups in total. The average Bonchev–Trinajstić information content (AvgIpc) is 2.46. The summed E-state index contributed by atoms with van der Waals surface area (Å²) in [5, 5.41) is 11.8. The van der Waals surface area contributed by atoms with Gasteiger partial charge in [0.15, 0.2) is 0 Å². The van der Waals surface area contributed by atoms with E-state index in [2.05, 4.69) is 5.32 Å². The summed E-state index contributed by atoms with van der Waals surface area (Å²) in [4.78, 5) is 22.7. The van der Waals surface area contributed by atoms with Gasteiger partial charge in [-0.3, -0.25) is 9.59 Å². The molecule has 0 saturated heterocycles. The molecule has 0 spiro atoms. The second-order valence-electron chi connectivity index (χ2n) is 5.87. The molecule has 0 aliphatic carbocycles. The lowest BCUT2D eigenvalue weighted by Crippen LogP contribution is -2.32. The Hall–Kier alpha value is -2.04. The number of carbonyl (C=O) groups is 2. The zero-order valence-electron chi connectivity index (χ0n) is 13.5. The Bertz CT molecular complexity index is 494. The lowest BCUT2D eigenvalue weighted by atomic mass is 9.90. The topological polar surface area (TPSA) is 75.6 Å². The zero-order chi connectivity index (χ0) is 16.6. The molecule has 1 aromatic carbocycles. The van der Waals surface area contributed by atoms with Crippen molar-refractivity contribution in [3.8, 4) is 5.75 Å². The van der Waals surface area contributed by atoms with Crippen LogP contribution in [0.25, 0.3) is 0 Å². The van der Waals surface area contributed by atoms with E-state index in [9.17, 15) is 9.59 Å². The van der Waals surface area contributed by atoms with Crippen LogP contribution in [0.3, 0.4) is 0 Å². The monoisotopic (exact) mass is 307 g/mol. The van der Waals surface area contributed by atoms with Crippen molar-refractivity contribution < 1.29 is 19.4 Å². The van der Waals surface area contributed by atoms with Crippen LogP contribution in [-0.4, -0.2) is 30.1 Å². The van der Waals surface area contributed by atoms with Crippen LogP contribution < -0.4 is 10.1 Å². The summed E-state index contributed by atoms with van der Waals surface area (Å²) in [7, 11) is 0. The van der Waals surface area contributed by atoms with Crippen LogP contribution in [0, 0.1) is 5.41 Å². The Labute approximate surface area is 131 Å². The Morgan fingerprint density at radius 1 is 1.23 bits per heavy atom. The van der Waals surface area contributed by atoms with Gasteiger partial charge in [-0.25, -0.2) is 0 Å². The molecule has 0 aromatic heterocycles. The number of carboxylic acid groups (broad SMARTS) is 1. The Morgan fingerprint density at radius 2 is 1.86 bits per heavy atom. The van der Waals surface area contributed by atoms with Crippen molar-refractivity contribution in [2.24, 2.45) is 5.41 Å². The molecular weight excluding hydrogens is 282 g/mol. The lowest BCUT2D eigenvalue weighted by Gasteiger charge is -2.18. The van der Waals surface area contributed by atoms with Crippen molar-refractivity contribution >= 4 is 11.9 Å². The van der Waals surface area contributed by atoms with Gasteiger partial charge in [0.1, 0.15) is 5.75 Å². The summed E-state index contributed by atoms with van der Waals surface area (Å²) >= 11 is 0. The Morgan fingerprint density at radius 3 is 2.41 bits per heavy atom. The fourth-order valence-corrected chi connectivity index (χ4v) is 1.89. The molecule has 5 nitrogen and oxygen atoms in total. The van der Waals surface area contributed by atoms with Crippen molar-refractivity contribution in [1.29, 1.82) is 0 Å². The number of carboxylic acids is 1. The largest absolute Gasteiger partial charge is 0.494 e. The van der Waals surface area contributed by atoms with Gasteiger partial charge in [-0.1, -0.05) is 12.1 Å². The number of hydrogen-bond acceptors (Lipinski definition) is 3. The van der Waals surface area contributed by atoms with Crippen molar-refractivity contribution in [3.05, 3.63) is 29.8 Å². The maximum Gasteiger partial charge on any atom is 0.309 e. The molecule has 122 valence electrons. The second kappa shape index (κ2) is 8.41. The molecule has 1 rings (SSSR count). The third-order valence-electron chi connectivity index (χ3n) is 3.53. The number of rotatable bonds is 9. The van der Waals surface area contributed by atoms with Gasteiger partial charge in [-0.15, -0.1) is 0 Å². The van der Waals surface area contributed by atoms with Crippen molar-refractivity contribution in [1.82, 2.24) is 5.32 Å². The fraction of sp³-hybridized carbons (Fsp3) is 0.529. The Kier molecular flexibility index (Phi) is 6.89. The lowest BCUT2D eigenvalue weighted by molar-refractivity contribution is -0.147. The highest BCUT2D eigenvalue weighted by molar-refractivity contribution is 5.76. The standard InChI is InChI=1S/C17H25NO4/c1-4-22-14-8-5-13(6-9-14)7-10-15(19)18-12-11-17(2,3)16(20)21/h5-6,8-9H,4,7,10-12H2,1-3H3,(H,18,19)(H,20,21). The van der Waals surface area contributed by atoms with Gasteiger partial charge >= 0.3 is 5.97 Å². The molecule has 0 radical (unpaired) electrons. The van der Waals surface area contributed by atoms with Crippen LogP contribution in [0.5, 0.6) is 5.75 Å². The van der Waals surface area contributed by atoms with Crippen molar-refractivity contribution in [2.45, 2.75) is 40.0 Å². The van der Waals surface area contributed by atoms with Gasteiger partial charge in [0.25, 0.3) is 0 Å². The van der Waals surface area contributed by atoms with E-state index < -0.39 is 11.4 Å². The first-order valence-corrected chi connectivity index (χ1v) is 7.57. The first kappa shape index (κ1) is 18.0. The number of amides is 1. The van der Waals surface area contributed by atoms with Gasteiger partial charge in [0, 0.05) is 13.0 Å². The van der Waals surface area contributed by atoms with Gasteiger partial charge in [0.2, 0.25) is 5.91 Å². The van der Waals surface area contributed by atoms with Crippen molar-refractivity contribution in [2.75, 3.05) is 13.2 Å². The van der Waals surface area contributed by atoms with Gasteiger partial charge < -0.3 is 15.2 Å². The number of aryl methyl sites for hydroxylation is 1. The molecule has 0 unspecified atom stereocenters. The third-order valence-corrected chi connectivity index (χ3v) is 3.53. The molecule has 0 atom stereocenters. The van der Waals surface area contributed by atoms with Crippen LogP contribution in [0.15, 0.2) is 24.3 Å². The van der Waals surface area contributed by atoms with Crippen LogP contribution >= 0.6 is 0 Å². The number of benzene rings is 1.